The van der Waals surface area contributed by atoms with Crippen LogP contribution in [0.15, 0.2) is 0 Å². The third kappa shape index (κ3) is 3.20. The van der Waals surface area contributed by atoms with E-state index in [0.29, 0.717) is 19.3 Å². The third-order valence-electron chi connectivity index (χ3n) is 2.84. The topological polar surface area (TPSA) is 41.9 Å². The lowest BCUT2D eigenvalue weighted by atomic mass is 9.88. The van der Waals surface area contributed by atoms with Crippen molar-refractivity contribution in [3.8, 4) is 0 Å². The fraction of sp³-hybridized carbons (Fsp3) is 1.00. The number of hydrogen-bond acceptors (Lipinski definition) is 4. The molecule has 14 heavy (non-hydrogen) atoms. The molecule has 0 aliphatic heterocycles. The number of rotatable bonds is 7. The third-order valence-corrected chi connectivity index (χ3v) is 2.84. The van der Waals surface area contributed by atoms with Crippen LogP contribution in [0.25, 0.3) is 0 Å². The summed E-state index contributed by atoms with van der Waals surface area (Å²) >= 11 is 0. The number of nitrogens with zero attached hydrogens (tertiary/aromatic N) is 1. The number of hydrogen-bond donors (Lipinski definition) is 1. The van der Waals surface area contributed by atoms with Crippen molar-refractivity contribution in [3.05, 3.63) is 0 Å². The molecule has 1 rings (SSSR count). The van der Waals surface area contributed by atoms with Gasteiger partial charge in [-0.05, 0) is 12.8 Å². The first-order valence-electron chi connectivity index (χ1n) is 5.19. The highest BCUT2D eigenvalue weighted by Crippen LogP contribution is 2.25. The van der Waals surface area contributed by atoms with Crippen LogP contribution in [-0.4, -0.2) is 62.7 Å². The summed E-state index contributed by atoms with van der Waals surface area (Å²) in [6.07, 6.45) is 1.87. The summed E-state index contributed by atoms with van der Waals surface area (Å²) in [5.74, 6) is 0. The second-order valence-corrected chi connectivity index (χ2v) is 3.73. The first-order valence-corrected chi connectivity index (χ1v) is 5.19. The maximum absolute atomic E-state index is 9.55. The van der Waals surface area contributed by atoms with Gasteiger partial charge in [-0.15, -0.1) is 0 Å². The van der Waals surface area contributed by atoms with E-state index in [9.17, 15) is 5.11 Å². The molecule has 1 aliphatic rings. The Morgan fingerprint density at radius 2 is 1.71 bits per heavy atom. The molecule has 0 aromatic rings. The quantitative estimate of drug-likeness (QED) is 0.637. The zero-order chi connectivity index (χ0) is 10.4. The Bertz CT molecular complexity index is 146. The van der Waals surface area contributed by atoms with Gasteiger partial charge >= 0.3 is 0 Å². The molecule has 0 aromatic carbocycles. The summed E-state index contributed by atoms with van der Waals surface area (Å²) in [5, 5.41) is 9.55. The summed E-state index contributed by atoms with van der Waals surface area (Å²) in [4.78, 5) is 2.25. The van der Waals surface area contributed by atoms with Gasteiger partial charge in [0.15, 0.2) is 0 Å². The lowest BCUT2D eigenvalue weighted by molar-refractivity contribution is -0.0359. The van der Waals surface area contributed by atoms with Crippen molar-refractivity contribution in [1.29, 1.82) is 0 Å². The highest BCUT2D eigenvalue weighted by Gasteiger charge is 2.33. The molecule has 84 valence electrons. The zero-order valence-corrected chi connectivity index (χ0v) is 9.11. The number of ether oxygens (including phenoxy) is 2. The summed E-state index contributed by atoms with van der Waals surface area (Å²) in [6.45, 7) is 3.18. The van der Waals surface area contributed by atoms with Crippen molar-refractivity contribution in [1.82, 2.24) is 4.90 Å². The smallest absolute Gasteiger partial charge is 0.0696 e. The Kier molecular flexibility index (Phi) is 5.40. The maximum atomic E-state index is 9.55. The molecule has 0 spiro atoms. The summed E-state index contributed by atoms with van der Waals surface area (Å²) < 4.78 is 10.1. The van der Waals surface area contributed by atoms with Crippen LogP contribution in [0.1, 0.15) is 12.8 Å². The van der Waals surface area contributed by atoms with Crippen molar-refractivity contribution in [2.24, 2.45) is 0 Å². The molecular weight excluding hydrogens is 182 g/mol. The molecule has 0 heterocycles. The molecule has 4 nitrogen and oxygen atoms in total. The molecule has 0 saturated heterocycles. The highest BCUT2D eigenvalue weighted by atomic mass is 16.5. The van der Waals surface area contributed by atoms with Gasteiger partial charge in [0, 0.05) is 33.4 Å². The number of methoxy groups -OCH3 is 2. The second kappa shape index (κ2) is 6.35. The molecule has 1 N–H and O–H groups in total. The first kappa shape index (κ1) is 11.9. The van der Waals surface area contributed by atoms with E-state index < -0.39 is 0 Å². The van der Waals surface area contributed by atoms with Crippen LogP contribution >= 0.6 is 0 Å². The van der Waals surface area contributed by atoms with Crippen LogP contribution in [0.4, 0.5) is 0 Å². The standard InChI is InChI=1S/C10H21NO3/c1-13-7-5-11(6-8-14-2)9-3-4-10(9)12/h9-10,12H,3-8H2,1-2H3/t9-,10-/m1/s1. The molecule has 1 fully saturated rings. The van der Waals surface area contributed by atoms with Crippen LogP contribution in [0.2, 0.25) is 0 Å². The minimum Gasteiger partial charge on any atom is -0.391 e. The van der Waals surface area contributed by atoms with Crippen LogP contribution < -0.4 is 0 Å². The molecule has 1 aliphatic carbocycles. The molecule has 0 bridgehead atoms. The average molecular weight is 203 g/mol. The Balaban J connectivity index is 2.27. The van der Waals surface area contributed by atoms with Gasteiger partial charge in [-0.3, -0.25) is 4.90 Å². The monoisotopic (exact) mass is 203 g/mol. The van der Waals surface area contributed by atoms with E-state index >= 15 is 0 Å². The van der Waals surface area contributed by atoms with Gasteiger partial charge < -0.3 is 14.6 Å². The Hall–Kier alpha value is -0.160. The van der Waals surface area contributed by atoms with Gasteiger partial charge in [-0.2, -0.15) is 0 Å². The molecular formula is C10H21NO3. The first-order chi connectivity index (χ1) is 6.79. The van der Waals surface area contributed by atoms with E-state index in [4.69, 9.17) is 9.47 Å². The molecule has 4 heteroatoms. The van der Waals surface area contributed by atoms with Gasteiger partial charge in [-0.1, -0.05) is 0 Å². The zero-order valence-electron chi connectivity index (χ0n) is 9.11. The van der Waals surface area contributed by atoms with Gasteiger partial charge in [0.2, 0.25) is 0 Å². The second-order valence-electron chi connectivity index (χ2n) is 3.73. The molecule has 0 unspecified atom stereocenters. The van der Waals surface area contributed by atoms with Crippen LogP contribution in [-0.2, 0) is 9.47 Å². The predicted octanol–water partition coefficient (Wildman–Crippen LogP) is 0.104. The largest absolute Gasteiger partial charge is 0.391 e. The van der Waals surface area contributed by atoms with Gasteiger partial charge in [-0.25, -0.2) is 0 Å². The predicted molar refractivity (Wildman–Crippen MR) is 54.4 cm³/mol. The molecule has 1 saturated carbocycles. The lowest BCUT2D eigenvalue weighted by Crippen LogP contribution is -2.52. The SMILES string of the molecule is COCCN(CCOC)[C@@H]1CC[C@H]1O. The normalized spacial score (nSPS) is 26.6. The van der Waals surface area contributed by atoms with Crippen LogP contribution in [0, 0.1) is 0 Å². The van der Waals surface area contributed by atoms with E-state index in [1.807, 2.05) is 0 Å². The maximum Gasteiger partial charge on any atom is 0.0696 e. The summed E-state index contributed by atoms with van der Waals surface area (Å²) in [5.41, 5.74) is 0. The molecule has 2 atom stereocenters. The van der Waals surface area contributed by atoms with E-state index in [1.54, 1.807) is 14.2 Å². The Morgan fingerprint density at radius 3 is 2.00 bits per heavy atom. The minimum absolute atomic E-state index is 0.149. The molecule has 0 aromatic heterocycles. The van der Waals surface area contributed by atoms with Crippen molar-refractivity contribution in [2.75, 3.05) is 40.5 Å². The minimum atomic E-state index is -0.149. The Labute approximate surface area is 85.8 Å². The number of aliphatic hydroxyl groups is 1. The Morgan fingerprint density at radius 1 is 1.14 bits per heavy atom. The average Bonchev–Trinajstić information content (AvgIpc) is 2.19. The van der Waals surface area contributed by atoms with Crippen molar-refractivity contribution in [3.63, 3.8) is 0 Å². The van der Waals surface area contributed by atoms with Gasteiger partial charge in [0.05, 0.1) is 19.3 Å². The number of aliphatic hydroxyl groups excluding tert-OH is 1. The van der Waals surface area contributed by atoms with E-state index in [-0.39, 0.29) is 6.10 Å². The van der Waals surface area contributed by atoms with Crippen LogP contribution in [0.3, 0.4) is 0 Å². The van der Waals surface area contributed by atoms with Gasteiger partial charge in [0.25, 0.3) is 0 Å². The highest BCUT2D eigenvalue weighted by molar-refractivity contribution is 4.88. The summed E-state index contributed by atoms with van der Waals surface area (Å²) in [7, 11) is 3.40. The lowest BCUT2D eigenvalue weighted by Gasteiger charge is -2.41. The van der Waals surface area contributed by atoms with Crippen LogP contribution in [0.5, 0.6) is 0 Å². The van der Waals surface area contributed by atoms with Gasteiger partial charge in [0.1, 0.15) is 0 Å². The van der Waals surface area contributed by atoms with Crippen molar-refractivity contribution in [2.45, 2.75) is 25.0 Å². The molecule has 0 amide bonds. The molecule has 0 radical (unpaired) electrons. The van der Waals surface area contributed by atoms with E-state index in [1.165, 1.54) is 0 Å². The fourth-order valence-corrected chi connectivity index (χ4v) is 1.75. The summed E-state index contributed by atoms with van der Waals surface area (Å²) in [6, 6.07) is 0.320. The van der Waals surface area contributed by atoms with E-state index in [2.05, 4.69) is 4.90 Å². The van der Waals surface area contributed by atoms with E-state index in [0.717, 1.165) is 25.9 Å². The fourth-order valence-electron chi connectivity index (χ4n) is 1.75. The van der Waals surface area contributed by atoms with Crippen molar-refractivity contribution < 1.29 is 14.6 Å². The van der Waals surface area contributed by atoms with Crippen molar-refractivity contribution >= 4 is 0 Å².